The highest BCUT2D eigenvalue weighted by Gasteiger charge is 2.38. The minimum Gasteiger partial charge on any atom is -0.479 e. The van der Waals surface area contributed by atoms with Crippen molar-refractivity contribution in [3.8, 4) is 0 Å². The molecule has 0 unspecified atom stereocenters. The molecule has 1 aliphatic carbocycles. The average molecular weight is 200 g/mol. The molecule has 1 saturated carbocycles. The number of rotatable bonds is 3. The van der Waals surface area contributed by atoms with Gasteiger partial charge in [-0.25, -0.2) is 4.79 Å². The average Bonchev–Trinajstić information content (AvgIpc) is 2.09. The van der Waals surface area contributed by atoms with E-state index >= 15 is 0 Å². The van der Waals surface area contributed by atoms with Gasteiger partial charge in [-0.1, -0.05) is 19.3 Å². The first-order valence-corrected chi connectivity index (χ1v) is 5.58. The Labute approximate surface area is 85.5 Å². The second kappa shape index (κ2) is 5.35. The highest BCUT2D eigenvalue weighted by Crippen LogP contribution is 2.29. The third-order valence-electron chi connectivity index (χ3n) is 2.97. The Kier molecular flexibility index (Phi) is 4.39. The molecule has 1 N–H and O–H groups in total. The second-order valence-electron chi connectivity index (χ2n) is 4.00. The fourth-order valence-corrected chi connectivity index (χ4v) is 2.17. The summed E-state index contributed by atoms with van der Waals surface area (Å²) >= 11 is 0. The zero-order valence-electron chi connectivity index (χ0n) is 8.92. The third kappa shape index (κ3) is 2.71. The van der Waals surface area contributed by atoms with Gasteiger partial charge in [0, 0.05) is 6.61 Å². The Morgan fingerprint density at radius 2 is 1.71 bits per heavy atom. The van der Waals surface area contributed by atoms with Crippen LogP contribution in [-0.4, -0.2) is 23.3 Å². The fourth-order valence-electron chi connectivity index (χ4n) is 2.17. The summed E-state index contributed by atoms with van der Waals surface area (Å²) in [4.78, 5) is 11.2. The molecule has 1 fully saturated rings. The van der Waals surface area contributed by atoms with Crippen LogP contribution < -0.4 is 0 Å². The van der Waals surface area contributed by atoms with Gasteiger partial charge in [-0.2, -0.15) is 0 Å². The molecule has 1 rings (SSSR count). The van der Waals surface area contributed by atoms with Crippen LogP contribution in [0.3, 0.4) is 0 Å². The first-order chi connectivity index (χ1) is 6.71. The van der Waals surface area contributed by atoms with Gasteiger partial charge in [-0.05, 0) is 32.6 Å². The molecular weight excluding hydrogens is 180 g/mol. The molecule has 3 nitrogen and oxygen atoms in total. The lowest BCUT2D eigenvalue weighted by atomic mass is 9.87. The first kappa shape index (κ1) is 11.5. The maximum atomic E-state index is 11.2. The minimum atomic E-state index is -0.880. The van der Waals surface area contributed by atoms with Gasteiger partial charge < -0.3 is 9.84 Å². The topological polar surface area (TPSA) is 46.5 Å². The lowest BCUT2D eigenvalue weighted by molar-refractivity contribution is -0.168. The van der Waals surface area contributed by atoms with E-state index in [0.29, 0.717) is 19.4 Å². The number of hydrogen-bond acceptors (Lipinski definition) is 2. The van der Waals surface area contributed by atoms with E-state index in [2.05, 4.69) is 0 Å². The molecule has 0 aromatic heterocycles. The second-order valence-corrected chi connectivity index (χ2v) is 4.00. The molecular formula is C11H20O3. The number of hydrogen-bond donors (Lipinski definition) is 1. The van der Waals surface area contributed by atoms with Crippen LogP contribution in [0, 0.1) is 0 Å². The molecule has 0 amide bonds. The molecule has 0 radical (unpaired) electrons. The van der Waals surface area contributed by atoms with Crippen LogP contribution in [0.15, 0.2) is 0 Å². The Balaban J connectivity index is 2.65. The Hall–Kier alpha value is -0.570. The Morgan fingerprint density at radius 3 is 2.14 bits per heavy atom. The van der Waals surface area contributed by atoms with Crippen molar-refractivity contribution in [1.82, 2.24) is 0 Å². The summed E-state index contributed by atoms with van der Waals surface area (Å²) in [5.74, 6) is -0.777. The lowest BCUT2D eigenvalue weighted by Crippen LogP contribution is -2.42. The molecule has 0 atom stereocenters. The molecule has 3 heteroatoms. The molecule has 0 saturated heterocycles. The monoisotopic (exact) mass is 200 g/mol. The molecule has 0 aromatic carbocycles. The summed E-state index contributed by atoms with van der Waals surface area (Å²) in [7, 11) is 0. The first-order valence-electron chi connectivity index (χ1n) is 5.58. The van der Waals surface area contributed by atoms with E-state index in [0.717, 1.165) is 25.7 Å². The van der Waals surface area contributed by atoms with Gasteiger partial charge in [0.25, 0.3) is 0 Å². The van der Waals surface area contributed by atoms with E-state index in [4.69, 9.17) is 4.74 Å². The van der Waals surface area contributed by atoms with E-state index in [1.165, 1.54) is 6.42 Å². The van der Waals surface area contributed by atoms with E-state index in [1.54, 1.807) is 0 Å². The molecule has 1 aliphatic rings. The van der Waals surface area contributed by atoms with Crippen LogP contribution >= 0.6 is 0 Å². The summed E-state index contributed by atoms with van der Waals surface area (Å²) in [6.45, 7) is 2.36. The molecule has 0 aromatic rings. The van der Waals surface area contributed by atoms with Crippen molar-refractivity contribution in [1.29, 1.82) is 0 Å². The quantitative estimate of drug-likeness (QED) is 0.761. The zero-order chi connectivity index (χ0) is 10.4. The largest absolute Gasteiger partial charge is 0.479 e. The maximum absolute atomic E-state index is 11.2. The van der Waals surface area contributed by atoms with Crippen molar-refractivity contribution >= 4 is 5.97 Å². The smallest absolute Gasteiger partial charge is 0.335 e. The van der Waals surface area contributed by atoms with Crippen LogP contribution in [0.5, 0.6) is 0 Å². The maximum Gasteiger partial charge on any atom is 0.335 e. The van der Waals surface area contributed by atoms with Gasteiger partial charge in [0.05, 0.1) is 0 Å². The van der Waals surface area contributed by atoms with Crippen LogP contribution in [0.2, 0.25) is 0 Å². The molecule has 14 heavy (non-hydrogen) atoms. The molecule has 0 spiro atoms. The number of aliphatic carboxylic acids is 1. The highest BCUT2D eigenvalue weighted by atomic mass is 16.5. The highest BCUT2D eigenvalue weighted by molar-refractivity contribution is 5.77. The molecule has 0 bridgehead atoms. The van der Waals surface area contributed by atoms with E-state index in [9.17, 15) is 9.90 Å². The number of carbonyl (C=O) groups is 1. The summed E-state index contributed by atoms with van der Waals surface area (Å²) < 4.78 is 5.47. The Morgan fingerprint density at radius 1 is 1.21 bits per heavy atom. The van der Waals surface area contributed by atoms with E-state index in [-0.39, 0.29) is 0 Å². The van der Waals surface area contributed by atoms with Gasteiger partial charge in [0.2, 0.25) is 0 Å². The normalized spacial score (nSPS) is 22.4. The van der Waals surface area contributed by atoms with Crippen LogP contribution in [0.25, 0.3) is 0 Å². The van der Waals surface area contributed by atoms with Gasteiger partial charge in [0.1, 0.15) is 0 Å². The lowest BCUT2D eigenvalue weighted by Gasteiger charge is -2.30. The van der Waals surface area contributed by atoms with Crippen molar-refractivity contribution in [3.63, 3.8) is 0 Å². The molecule has 82 valence electrons. The number of carboxylic acids is 1. The van der Waals surface area contributed by atoms with Crippen LogP contribution in [0.1, 0.15) is 51.9 Å². The van der Waals surface area contributed by atoms with Gasteiger partial charge >= 0.3 is 5.97 Å². The summed E-state index contributed by atoms with van der Waals surface area (Å²) in [5.41, 5.74) is -0.880. The van der Waals surface area contributed by atoms with Crippen LogP contribution in [0.4, 0.5) is 0 Å². The third-order valence-corrected chi connectivity index (χ3v) is 2.97. The predicted molar refractivity (Wildman–Crippen MR) is 54.3 cm³/mol. The van der Waals surface area contributed by atoms with Crippen molar-refractivity contribution in [2.75, 3.05) is 6.61 Å². The van der Waals surface area contributed by atoms with E-state index in [1.807, 2.05) is 6.92 Å². The molecule has 0 heterocycles. The zero-order valence-corrected chi connectivity index (χ0v) is 8.92. The van der Waals surface area contributed by atoms with Gasteiger partial charge in [-0.15, -0.1) is 0 Å². The van der Waals surface area contributed by atoms with Gasteiger partial charge in [0.15, 0.2) is 5.60 Å². The predicted octanol–water partition coefficient (Wildman–Crippen LogP) is 2.59. The number of ether oxygens (including phenoxy) is 1. The van der Waals surface area contributed by atoms with Crippen molar-refractivity contribution in [2.45, 2.75) is 57.5 Å². The minimum absolute atomic E-state index is 0.492. The number of carboxylic acid groups (broad SMARTS) is 1. The SMILES string of the molecule is CCOC1(C(=O)O)CCCCCCC1. The van der Waals surface area contributed by atoms with Crippen LogP contribution in [-0.2, 0) is 9.53 Å². The van der Waals surface area contributed by atoms with Crippen molar-refractivity contribution in [3.05, 3.63) is 0 Å². The summed E-state index contributed by atoms with van der Waals surface area (Å²) in [6, 6.07) is 0. The standard InChI is InChI=1S/C11H20O3/c1-2-14-11(10(12)13)8-6-4-3-5-7-9-11/h2-9H2,1H3,(H,12,13). The van der Waals surface area contributed by atoms with Gasteiger partial charge in [-0.3, -0.25) is 0 Å². The summed E-state index contributed by atoms with van der Waals surface area (Å²) in [6.07, 6.45) is 6.83. The Bertz CT molecular complexity index is 181. The summed E-state index contributed by atoms with van der Waals surface area (Å²) in [5, 5.41) is 9.21. The molecule has 0 aliphatic heterocycles. The van der Waals surface area contributed by atoms with Crippen molar-refractivity contribution < 1.29 is 14.6 Å². The van der Waals surface area contributed by atoms with Crippen molar-refractivity contribution in [2.24, 2.45) is 0 Å². The fraction of sp³-hybridized carbons (Fsp3) is 0.909. The van der Waals surface area contributed by atoms with E-state index < -0.39 is 11.6 Å².